The van der Waals surface area contributed by atoms with Gasteiger partial charge in [0.1, 0.15) is 17.4 Å². The smallest absolute Gasteiger partial charge is 0.262 e. The van der Waals surface area contributed by atoms with E-state index in [0.29, 0.717) is 5.75 Å². The Bertz CT molecular complexity index is 552. The molecule has 0 aliphatic heterocycles. The average Bonchev–Trinajstić information content (AvgIpc) is 2.97. The molecular weight excluding hydrogens is 252 g/mol. The zero-order valence-electron chi connectivity index (χ0n) is 11.6. The molecule has 1 aliphatic carbocycles. The number of nitrogens with one attached hydrogen (secondary N) is 1. The van der Waals surface area contributed by atoms with Crippen LogP contribution in [0.15, 0.2) is 29.8 Å². The van der Waals surface area contributed by atoms with Crippen molar-refractivity contribution in [2.24, 2.45) is 0 Å². The number of hydrogen-bond donors (Lipinski definition) is 1. The molecule has 0 bridgehead atoms. The Morgan fingerprint density at radius 1 is 1.45 bits per heavy atom. The van der Waals surface area contributed by atoms with Crippen molar-refractivity contribution in [1.82, 2.24) is 5.32 Å². The fourth-order valence-electron chi connectivity index (χ4n) is 2.38. The zero-order chi connectivity index (χ0) is 14.4. The van der Waals surface area contributed by atoms with Crippen LogP contribution in [0.1, 0.15) is 31.2 Å². The van der Waals surface area contributed by atoms with Crippen molar-refractivity contribution < 1.29 is 9.53 Å². The lowest BCUT2D eigenvalue weighted by Gasteiger charge is -2.11. The number of rotatable bonds is 4. The van der Waals surface area contributed by atoms with Gasteiger partial charge in [0.2, 0.25) is 0 Å². The summed E-state index contributed by atoms with van der Waals surface area (Å²) in [5.41, 5.74) is 0.910. The van der Waals surface area contributed by atoms with E-state index in [-0.39, 0.29) is 17.5 Å². The number of hydrogen-bond acceptors (Lipinski definition) is 3. The predicted octanol–water partition coefficient (Wildman–Crippen LogP) is 2.66. The summed E-state index contributed by atoms with van der Waals surface area (Å²) in [6.45, 7) is 0. The lowest BCUT2D eigenvalue weighted by Crippen LogP contribution is -2.33. The van der Waals surface area contributed by atoms with Gasteiger partial charge in [0, 0.05) is 6.04 Å². The fourth-order valence-corrected chi connectivity index (χ4v) is 2.38. The molecule has 1 aliphatic rings. The quantitative estimate of drug-likeness (QED) is 0.676. The molecule has 1 amide bonds. The third-order valence-electron chi connectivity index (χ3n) is 3.46. The largest absolute Gasteiger partial charge is 0.497 e. The van der Waals surface area contributed by atoms with Crippen LogP contribution in [-0.2, 0) is 4.79 Å². The van der Waals surface area contributed by atoms with Crippen LogP contribution in [0.25, 0.3) is 6.08 Å². The maximum atomic E-state index is 12.1. The van der Waals surface area contributed by atoms with Crippen molar-refractivity contribution in [2.75, 3.05) is 7.11 Å². The van der Waals surface area contributed by atoms with E-state index in [1.165, 1.54) is 0 Å². The fraction of sp³-hybridized carbons (Fsp3) is 0.375. The number of carbonyl (C=O) groups excluding carboxylic acids is 1. The Morgan fingerprint density at radius 3 is 2.85 bits per heavy atom. The molecule has 0 radical (unpaired) electrons. The lowest BCUT2D eigenvalue weighted by molar-refractivity contribution is -0.117. The molecule has 0 atom stereocenters. The van der Waals surface area contributed by atoms with Crippen molar-refractivity contribution in [1.29, 1.82) is 5.26 Å². The second kappa shape index (κ2) is 6.76. The van der Waals surface area contributed by atoms with E-state index in [1.54, 1.807) is 19.3 Å². The minimum absolute atomic E-state index is 0.130. The van der Waals surface area contributed by atoms with Crippen molar-refractivity contribution >= 4 is 12.0 Å². The Labute approximate surface area is 119 Å². The Hall–Kier alpha value is -2.28. The first-order valence-electron chi connectivity index (χ1n) is 6.79. The van der Waals surface area contributed by atoms with Crippen molar-refractivity contribution in [3.05, 3.63) is 35.4 Å². The van der Waals surface area contributed by atoms with Gasteiger partial charge in [-0.05, 0) is 36.6 Å². The van der Waals surface area contributed by atoms with Crippen LogP contribution >= 0.6 is 0 Å². The van der Waals surface area contributed by atoms with E-state index in [2.05, 4.69) is 5.32 Å². The third-order valence-corrected chi connectivity index (χ3v) is 3.46. The highest BCUT2D eigenvalue weighted by Crippen LogP contribution is 2.19. The van der Waals surface area contributed by atoms with Gasteiger partial charge >= 0.3 is 0 Å². The Balaban J connectivity index is 2.11. The zero-order valence-corrected chi connectivity index (χ0v) is 11.6. The van der Waals surface area contributed by atoms with Gasteiger partial charge in [0.15, 0.2) is 0 Å². The van der Waals surface area contributed by atoms with Crippen LogP contribution in [0, 0.1) is 11.3 Å². The maximum Gasteiger partial charge on any atom is 0.262 e. The molecule has 1 fully saturated rings. The highest BCUT2D eigenvalue weighted by atomic mass is 16.5. The molecule has 0 aromatic heterocycles. The Morgan fingerprint density at radius 2 is 2.20 bits per heavy atom. The summed E-state index contributed by atoms with van der Waals surface area (Å²) in [6.07, 6.45) is 5.89. The summed E-state index contributed by atoms with van der Waals surface area (Å²) in [4.78, 5) is 12.1. The van der Waals surface area contributed by atoms with Crippen molar-refractivity contribution in [2.45, 2.75) is 31.7 Å². The topological polar surface area (TPSA) is 62.1 Å². The van der Waals surface area contributed by atoms with Gasteiger partial charge < -0.3 is 10.1 Å². The molecule has 1 saturated carbocycles. The molecular formula is C16H18N2O2. The van der Waals surface area contributed by atoms with Crippen molar-refractivity contribution in [3.63, 3.8) is 0 Å². The van der Waals surface area contributed by atoms with Crippen LogP contribution in [0.5, 0.6) is 5.75 Å². The first-order valence-corrected chi connectivity index (χ1v) is 6.79. The van der Waals surface area contributed by atoms with Gasteiger partial charge in [0.05, 0.1) is 7.11 Å². The molecule has 0 heterocycles. The molecule has 4 heteroatoms. The van der Waals surface area contributed by atoms with Gasteiger partial charge in [-0.2, -0.15) is 5.26 Å². The molecule has 104 valence electrons. The minimum Gasteiger partial charge on any atom is -0.497 e. The summed E-state index contributed by atoms with van der Waals surface area (Å²) < 4.78 is 5.13. The molecule has 4 nitrogen and oxygen atoms in total. The van der Waals surface area contributed by atoms with Gasteiger partial charge in [-0.1, -0.05) is 25.0 Å². The molecule has 1 aromatic carbocycles. The maximum absolute atomic E-state index is 12.1. The summed E-state index contributed by atoms with van der Waals surface area (Å²) >= 11 is 0. The van der Waals surface area contributed by atoms with Crippen LogP contribution in [0.2, 0.25) is 0 Å². The predicted molar refractivity (Wildman–Crippen MR) is 77.0 cm³/mol. The van der Waals surface area contributed by atoms with E-state index >= 15 is 0 Å². The highest BCUT2D eigenvalue weighted by molar-refractivity contribution is 6.01. The molecule has 20 heavy (non-hydrogen) atoms. The molecule has 0 spiro atoms. The molecule has 0 saturated heterocycles. The van der Waals surface area contributed by atoms with E-state index < -0.39 is 0 Å². The number of nitriles is 1. The summed E-state index contributed by atoms with van der Waals surface area (Å²) in [5, 5.41) is 12.1. The third kappa shape index (κ3) is 3.61. The minimum atomic E-state index is -0.290. The van der Waals surface area contributed by atoms with Crippen LogP contribution in [0.4, 0.5) is 0 Å². The van der Waals surface area contributed by atoms with Crippen LogP contribution in [-0.4, -0.2) is 19.1 Å². The van der Waals surface area contributed by atoms with E-state index in [1.807, 2.05) is 24.3 Å². The number of amides is 1. The van der Waals surface area contributed by atoms with Gasteiger partial charge in [-0.25, -0.2) is 0 Å². The normalized spacial score (nSPS) is 15.7. The number of benzene rings is 1. The standard InChI is InChI=1S/C16H18N2O2/c1-20-15-8-4-5-12(10-15)9-13(11-17)16(19)18-14-6-2-3-7-14/h4-5,8-10,14H,2-3,6-7H2,1H3,(H,18,19)/b13-9+. The lowest BCUT2D eigenvalue weighted by atomic mass is 10.1. The first-order chi connectivity index (χ1) is 9.72. The van der Waals surface area contributed by atoms with Crippen LogP contribution < -0.4 is 10.1 Å². The first kappa shape index (κ1) is 14.1. The number of ether oxygens (including phenoxy) is 1. The van der Waals surface area contributed by atoms with Crippen molar-refractivity contribution in [3.8, 4) is 11.8 Å². The Kier molecular flexibility index (Phi) is 4.78. The van der Waals surface area contributed by atoms with Gasteiger partial charge in [-0.15, -0.1) is 0 Å². The van der Waals surface area contributed by atoms with E-state index in [9.17, 15) is 4.79 Å². The molecule has 1 N–H and O–H groups in total. The molecule has 0 unspecified atom stereocenters. The SMILES string of the molecule is COc1cccc(/C=C(\C#N)C(=O)NC2CCCC2)c1. The average molecular weight is 270 g/mol. The highest BCUT2D eigenvalue weighted by Gasteiger charge is 2.19. The molecule has 2 rings (SSSR count). The summed E-state index contributed by atoms with van der Waals surface area (Å²) in [5.74, 6) is 0.412. The number of carbonyl (C=O) groups is 1. The number of methoxy groups -OCH3 is 1. The second-order valence-electron chi connectivity index (χ2n) is 4.90. The number of nitrogens with zero attached hydrogens (tertiary/aromatic N) is 1. The van der Waals surface area contributed by atoms with Crippen LogP contribution in [0.3, 0.4) is 0 Å². The second-order valence-corrected chi connectivity index (χ2v) is 4.90. The van der Waals surface area contributed by atoms with E-state index in [4.69, 9.17) is 10.00 Å². The van der Waals surface area contributed by atoms with Gasteiger partial charge in [-0.3, -0.25) is 4.79 Å². The summed E-state index contributed by atoms with van der Waals surface area (Å²) in [6, 6.07) is 9.46. The van der Waals surface area contributed by atoms with Gasteiger partial charge in [0.25, 0.3) is 5.91 Å². The van der Waals surface area contributed by atoms with E-state index in [0.717, 1.165) is 31.2 Å². The monoisotopic (exact) mass is 270 g/mol. The molecule has 1 aromatic rings. The summed E-state index contributed by atoms with van der Waals surface area (Å²) in [7, 11) is 1.58.